The van der Waals surface area contributed by atoms with E-state index in [4.69, 9.17) is 9.47 Å². The van der Waals surface area contributed by atoms with E-state index < -0.39 is 4.92 Å². The van der Waals surface area contributed by atoms with E-state index in [1.807, 2.05) is 12.1 Å². The summed E-state index contributed by atoms with van der Waals surface area (Å²) >= 11 is 2.13. The lowest BCUT2D eigenvalue weighted by Crippen LogP contribution is -2.22. The molecule has 33 heavy (non-hydrogen) atoms. The van der Waals surface area contributed by atoms with Crippen molar-refractivity contribution in [3.05, 3.63) is 96.1 Å². The van der Waals surface area contributed by atoms with Gasteiger partial charge >= 0.3 is 0 Å². The van der Waals surface area contributed by atoms with Crippen molar-refractivity contribution in [2.75, 3.05) is 14.2 Å². The first-order chi connectivity index (χ1) is 15.9. The number of hydrogen-bond donors (Lipinski definition) is 0. The van der Waals surface area contributed by atoms with E-state index in [0.29, 0.717) is 33.9 Å². The van der Waals surface area contributed by atoms with Gasteiger partial charge in [-0.25, -0.2) is 4.98 Å². The Morgan fingerprint density at radius 1 is 1.00 bits per heavy atom. The molecule has 3 aromatic carbocycles. The Labute approximate surface area is 202 Å². The van der Waals surface area contributed by atoms with E-state index in [1.54, 1.807) is 62.8 Å². The molecule has 1 heterocycles. The molecule has 4 aromatic rings. The van der Waals surface area contributed by atoms with Gasteiger partial charge in [0, 0.05) is 15.7 Å². The molecule has 0 amide bonds. The number of hydrogen-bond acceptors (Lipinski definition) is 6. The van der Waals surface area contributed by atoms with Crippen LogP contribution in [0.15, 0.2) is 65.5 Å². The lowest BCUT2D eigenvalue weighted by molar-refractivity contribution is -0.384. The van der Waals surface area contributed by atoms with Crippen molar-refractivity contribution < 1.29 is 14.4 Å². The SMILES string of the molecule is COc1ccc(C=Cc2nc3ccc(I)cc3c(=O)n2-c2cccc([N+](=O)[O-])c2)cc1OC. The Bertz CT molecular complexity index is 1460. The Balaban J connectivity index is 1.92. The van der Waals surface area contributed by atoms with Gasteiger partial charge < -0.3 is 9.47 Å². The van der Waals surface area contributed by atoms with Gasteiger partial charge in [-0.2, -0.15) is 0 Å². The maximum atomic E-state index is 13.5. The molecular weight excluding hydrogens is 537 g/mol. The summed E-state index contributed by atoms with van der Waals surface area (Å²) in [5, 5.41) is 11.7. The smallest absolute Gasteiger partial charge is 0.271 e. The summed E-state index contributed by atoms with van der Waals surface area (Å²) in [7, 11) is 3.11. The molecule has 0 saturated carbocycles. The molecule has 0 fully saturated rings. The van der Waals surface area contributed by atoms with E-state index in [2.05, 4.69) is 27.6 Å². The van der Waals surface area contributed by atoms with Crippen LogP contribution >= 0.6 is 22.6 Å². The van der Waals surface area contributed by atoms with E-state index >= 15 is 0 Å². The summed E-state index contributed by atoms with van der Waals surface area (Å²) in [5.74, 6) is 1.50. The zero-order valence-electron chi connectivity index (χ0n) is 17.7. The number of methoxy groups -OCH3 is 2. The van der Waals surface area contributed by atoms with Crippen LogP contribution in [0.2, 0.25) is 0 Å². The first kappa shape index (κ1) is 22.5. The fourth-order valence-electron chi connectivity index (χ4n) is 3.41. The molecule has 0 aliphatic rings. The highest BCUT2D eigenvalue weighted by Crippen LogP contribution is 2.28. The van der Waals surface area contributed by atoms with E-state index in [-0.39, 0.29) is 11.2 Å². The number of nitro benzene ring substituents is 1. The van der Waals surface area contributed by atoms with Crippen LogP contribution in [0.5, 0.6) is 11.5 Å². The minimum Gasteiger partial charge on any atom is -0.493 e. The van der Waals surface area contributed by atoms with Gasteiger partial charge in [0.1, 0.15) is 5.82 Å². The minimum atomic E-state index is -0.495. The number of benzene rings is 3. The van der Waals surface area contributed by atoms with Crippen molar-refractivity contribution in [2.45, 2.75) is 0 Å². The van der Waals surface area contributed by atoms with Gasteiger partial charge in [-0.15, -0.1) is 0 Å². The summed E-state index contributed by atoms with van der Waals surface area (Å²) in [5.41, 5.74) is 1.27. The molecule has 0 bridgehead atoms. The van der Waals surface area contributed by atoms with Gasteiger partial charge in [-0.1, -0.05) is 18.2 Å². The number of halogens is 1. The average molecular weight is 555 g/mol. The fourth-order valence-corrected chi connectivity index (χ4v) is 3.90. The first-order valence-electron chi connectivity index (χ1n) is 9.78. The fraction of sp³-hybridized carbons (Fsp3) is 0.0833. The van der Waals surface area contributed by atoms with Crippen molar-refractivity contribution in [1.82, 2.24) is 9.55 Å². The molecule has 0 spiro atoms. The maximum absolute atomic E-state index is 13.5. The molecule has 0 atom stereocenters. The van der Waals surface area contributed by atoms with Gasteiger partial charge in [0.15, 0.2) is 11.5 Å². The van der Waals surface area contributed by atoms with Crippen LogP contribution in [0.4, 0.5) is 5.69 Å². The molecule has 0 aliphatic carbocycles. The molecule has 0 N–H and O–H groups in total. The molecule has 0 unspecified atom stereocenters. The van der Waals surface area contributed by atoms with Crippen LogP contribution in [-0.2, 0) is 0 Å². The number of ether oxygens (including phenoxy) is 2. The number of nitro groups is 1. The van der Waals surface area contributed by atoms with E-state index in [0.717, 1.165) is 9.13 Å². The van der Waals surface area contributed by atoms with Crippen molar-refractivity contribution in [3.8, 4) is 17.2 Å². The summed E-state index contributed by atoms with van der Waals surface area (Å²) in [4.78, 5) is 28.9. The number of nitrogens with zero attached hydrogens (tertiary/aromatic N) is 3. The summed E-state index contributed by atoms with van der Waals surface area (Å²) in [6.45, 7) is 0. The predicted octanol–water partition coefficient (Wildman–Crippen LogP) is 5.09. The maximum Gasteiger partial charge on any atom is 0.271 e. The highest BCUT2D eigenvalue weighted by atomic mass is 127. The van der Waals surface area contributed by atoms with Crippen molar-refractivity contribution >= 4 is 51.3 Å². The summed E-state index contributed by atoms with van der Waals surface area (Å²) in [6, 6.07) is 16.7. The van der Waals surface area contributed by atoms with Crippen LogP contribution in [-0.4, -0.2) is 28.7 Å². The lowest BCUT2D eigenvalue weighted by Gasteiger charge is -2.12. The third-order valence-corrected chi connectivity index (χ3v) is 5.66. The van der Waals surface area contributed by atoms with Gasteiger partial charge in [0.05, 0.1) is 35.7 Å². The summed E-state index contributed by atoms with van der Waals surface area (Å²) < 4.78 is 12.9. The van der Waals surface area contributed by atoms with Crippen molar-refractivity contribution in [2.24, 2.45) is 0 Å². The number of fused-ring (bicyclic) bond motifs is 1. The molecule has 4 rings (SSSR count). The van der Waals surface area contributed by atoms with Crippen molar-refractivity contribution in [3.63, 3.8) is 0 Å². The Morgan fingerprint density at radius 2 is 1.79 bits per heavy atom. The zero-order chi connectivity index (χ0) is 23.5. The van der Waals surface area contributed by atoms with Crippen molar-refractivity contribution in [1.29, 1.82) is 0 Å². The molecular formula is C24H18IN3O5. The third-order valence-electron chi connectivity index (χ3n) is 4.99. The second-order valence-electron chi connectivity index (χ2n) is 7.00. The molecule has 166 valence electrons. The molecule has 8 nitrogen and oxygen atoms in total. The highest BCUT2D eigenvalue weighted by molar-refractivity contribution is 14.1. The number of aromatic nitrogens is 2. The first-order valence-corrected chi connectivity index (χ1v) is 10.9. The Hall–Kier alpha value is -3.73. The van der Waals surface area contributed by atoms with Crippen LogP contribution < -0.4 is 15.0 Å². The average Bonchev–Trinajstić information content (AvgIpc) is 2.83. The summed E-state index contributed by atoms with van der Waals surface area (Å²) in [6.07, 6.45) is 3.48. The van der Waals surface area contributed by atoms with Gasteiger partial charge in [-0.05, 0) is 70.6 Å². The third kappa shape index (κ3) is 4.58. The van der Waals surface area contributed by atoms with Crippen LogP contribution in [0, 0.1) is 13.7 Å². The molecule has 0 radical (unpaired) electrons. The van der Waals surface area contributed by atoms with E-state index in [9.17, 15) is 14.9 Å². The van der Waals surface area contributed by atoms with Gasteiger partial charge in [-0.3, -0.25) is 19.5 Å². The second kappa shape index (κ2) is 9.41. The molecule has 0 aliphatic heterocycles. The largest absolute Gasteiger partial charge is 0.493 e. The van der Waals surface area contributed by atoms with E-state index in [1.165, 1.54) is 16.7 Å². The lowest BCUT2D eigenvalue weighted by atomic mass is 10.1. The Kier molecular flexibility index (Phi) is 6.40. The monoisotopic (exact) mass is 555 g/mol. The predicted molar refractivity (Wildman–Crippen MR) is 135 cm³/mol. The standard InChI is InChI=1S/C24H18IN3O5/c1-32-21-10-6-15(12-22(21)33-2)7-11-23-26-20-9-8-16(25)13-19(20)24(29)27(23)17-4-3-5-18(14-17)28(30)31/h3-14H,1-2H3. The van der Waals surface area contributed by atoms with Gasteiger partial charge in [0.2, 0.25) is 0 Å². The highest BCUT2D eigenvalue weighted by Gasteiger charge is 2.14. The normalized spacial score (nSPS) is 11.1. The minimum absolute atomic E-state index is 0.114. The quantitative estimate of drug-likeness (QED) is 0.187. The zero-order valence-corrected chi connectivity index (χ0v) is 19.8. The molecule has 0 saturated heterocycles. The molecule has 1 aromatic heterocycles. The molecule has 9 heteroatoms. The topological polar surface area (TPSA) is 96.5 Å². The number of rotatable bonds is 6. The second-order valence-corrected chi connectivity index (χ2v) is 8.24. The van der Waals surface area contributed by atoms with Crippen LogP contribution in [0.25, 0.3) is 28.7 Å². The van der Waals surface area contributed by atoms with Gasteiger partial charge in [0.25, 0.3) is 11.2 Å². The van der Waals surface area contributed by atoms with Crippen LogP contribution in [0.3, 0.4) is 0 Å². The number of non-ortho nitro benzene ring substituents is 1. The Morgan fingerprint density at radius 3 is 2.52 bits per heavy atom. The van der Waals surface area contributed by atoms with Crippen LogP contribution in [0.1, 0.15) is 11.4 Å².